The summed E-state index contributed by atoms with van der Waals surface area (Å²) in [5.74, 6) is -1.89. The number of hydrogen-bond donors (Lipinski definition) is 1. The van der Waals surface area contributed by atoms with Gasteiger partial charge in [-0.1, -0.05) is 23.9 Å². The zero-order valence-electron chi connectivity index (χ0n) is 14.6. The van der Waals surface area contributed by atoms with Crippen molar-refractivity contribution in [1.82, 2.24) is 0 Å². The van der Waals surface area contributed by atoms with E-state index in [1.54, 1.807) is 0 Å². The third-order valence-corrected chi connectivity index (χ3v) is 5.87. The summed E-state index contributed by atoms with van der Waals surface area (Å²) < 4.78 is 80.8. The maximum Gasteiger partial charge on any atom is 0.416 e. The number of alkyl halides is 6. The molecule has 11 heteroatoms. The molecule has 1 unspecified atom stereocenters. The van der Waals surface area contributed by atoms with E-state index in [4.69, 9.17) is 0 Å². The topological polar surface area (TPSA) is 49.4 Å². The van der Waals surface area contributed by atoms with Crippen LogP contribution in [0.3, 0.4) is 0 Å². The van der Waals surface area contributed by atoms with Crippen LogP contribution in [0.25, 0.3) is 0 Å². The molecule has 30 heavy (non-hydrogen) atoms. The molecular weight excluding hydrogens is 434 g/mol. The highest BCUT2D eigenvalue weighted by Gasteiger charge is 2.58. The van der Waals surface area contributed by atoms with Gasteiger partial charge in [0.05, 0.1) is 11.1 Å². The van der Waals surface area contributed by atoms with E-state index in [0.29, 0.717) is 22.7 Å². The van der Waals surface area contributed by atoms with Crippen molar-refractivity contribution in [2.75, 3.05) is 10.2 Å². The van der Waals surface area contributed by atoms with Crippen molar-refractivity contribution in [2.45, 2.75) is 17.2 Å². The third kappa shape index (κ3) is 2.95. The summed E-state index contributed by atoms with van der Waals surface area (Å²) in [6.45, 7) is 0. The van der Waals surface area contributed by atoms with Gasteiger partial charge in [-0.15, -0.1) is 0 Å². The van der Waals surface area contributed by atoms with E-state index in [-0.39, 0.29) is 11.4 Å². The van der Waals surface area contributed by atoms with Crippen LogP contribution in [0.5, 0.6) is 0 Å². The van der Waals surface area contributed by atoms with Crippen LogP contribution in [0.15, 0.2) is 53.9 Å². The Hall–Kier alpha value is -2.95. The van der Waals surface area contributed by atoms with Gasteiger partial charge in [0.1, 0.15) is 0 Å². The van der Waals surface area contributed by atoms with Gasteiger partial charge in [-0.2, -0.15) is 26.3 Å². The van der Waals surface area contributed by atoms with Crippen LogP contribution in [0, 0.1) is 0 Å². The first kappa shape index (κ1) is 20.3. The second kappa shape index (κ2) is 6.53. The van der Waals surface area contributed by atoms with E-state index in [2.05, 4.69) is 5.32 Å². The van der Waals surface area contributed by atoms with E-state index in [9.17, 15) is 35.9 Å². The molecule has 1 N–H and O–H groups in total. The van der Waals surface area contributed by atoms with Crippen LogP contribution < -0.4 is 10.2 Å². The fraction of sp³-hybridized carbons (Fsp3) is 0.158. The minimum Gasteiger partial charge on any atom is -0.323 e. The van der Waals surface area contributed by atoms with E-state index < -0.39 is 45.7 Å². The molecule has 2 aromatic rings. The number of nitrogens with one attached hydrogen (secondary N) is 1. The maximum absolute atomic E-state index is 13.7. The Morgan fingerprint density at radius 3 is 2.30 bits per heavy atom. The van der Waals surface area contributed by atoms with E-state index in [0.717, 1.165) is 41.8 Å². The molecular formula is C19H10F6N2O2S. The van der Waals surface area contributed by atoms with E-state index >= 15 is 0 Å². The Morgan fingerprint density at radius 2 is 1.63 bits per heavy atom. The van der Waals surface area contributed by atoms with Gasteiger partial charge in [0, 0.05) is 23.0 Å². The molecule has 2 aliphatic heterocycles. The molecule has 4 nitrogen and oxygen atoms in total. The van der Waals surface area contributed by atoms with E-state index in [1.165, 1.54) is 6.07 Å². The number of carbonyl (C=O) groups excluding carboxylic acids is 2. The number of carbonyl (C=O) groups is 2. The zero-order valence-corrected chi connectivity index (χ0v) is 15.5. The van der Waals surface area contributed by atoms with Crippen molar-refractivity contribution >= 4 is 35.0 Å². The number of fused-ring (bicyclic) bond motifs is 2. The highest BCUT2D eigenvalue weighted by molar-refractivity contribution is 8.04. The fourth-order valence-electron chi connectivity index (χ4n) is 3.51. The molecule has 0 aromatic heterocycles. The second-order valence-corrected chi connectivity index (χ2v) is 7.57. The van der Waals surface area contributed by atoms with Crippen LogP contribution in [0.1, 0.15) is 16.7 Å². The van der Waals surface area contributed by atoms with Crippen LogP contribution >= 0.6 is 11.8 Å². The van der Waals surface area contributed by atoms with Crippen molar-refractivity contribution < 1.29 is 35.9 Å². The molecule has 0 radical (unpaired) electrons. The second-order valence-electron chi connectivity index (χ2n) is 6.47. The molecule has 156 valence electrons. The van der Waals surface area contributed by atoms with Crippen LogP contribution in [-0.4, -0.2) is 11.8 Å². The molecule has 1 atom stereocenters. The van der Waals surface area contributed by atoms with Crippen LogP contribution in [0.4, 0.5) is 37.7 Å². The normalized spacial score (nSPS) is 21.2. The Kier molecular flexibility index (Phi) is 4.42. The first-order chi connectivity index (χ1) is 14.0. The molecule has 2 amide bonds. The quantitative estimate of drug-likeness (QED) is 0.621. The van der Waals surface area contributed by atoms with Crippen LogP contribution in [-0.2, 0) is 26.8 Å². The van der Waals surface area contributed by atoms with Crippen molar-refractivity contribution in [2.24, 2.45) is 0 Å². The number of rotatable bonds is 1. The van der Waals surface area contributed by atoms with Gasteiger partial charge in [0.15, 0.2) is 0 Å². The molecule has 0 bridgehead atoms. The summed E-state index contributed by atoms with van der Waals surface area (Å²) in [5.41, 5.74) is -3.31. The monoisotopic (exact) mass is 444 g/mol. The van der Waals surface area contributed by atoms with Gasteiger partial charge in [-0.3, -0.25) is 14.5 Å². The molecule has 0 aliphatic carbocycles. The zero-order chi connectivity index (χ0) is 21.9. The predicted molar refractivity (Wildman–Crippen MR) is 97.4 cm³/mol. The summed E-state index contributed by atoms with van der Waals surface area (Å²) in [5, 5.41) is 3.49. The summed E-state index contributed by atoms with van der Waals surface area (Å²) in [6.07, 6.45) is -8.63. The highest BCUT2D eigenvalue weighted by atomic mass is 32.2. The van der Waals surface area contributed by atoms with E-state index in [1.807, 2.05) is 0 Å². The lowest BCUT2D eigenvalue weighted by Gasteiger charge is -2.40. The van der Waals surface area contributed by atoms with Crippen molar-refractivity contribution in [1.29, 1.82) is 0 Å². The molecule has 2 aliphatic rings. The van der Waals surface area contributed by atoms with Gasteiger partial charge >= 0.3 is 12.4 Å². The van der Waals surface area contributed by atoms with Gasteiger partial charge < -0.3 is 5.32 Å². The number of halogens is 6. The summed E-state index contributed by atoms with van der Waals surface area (Å²) in [6, 6.07) is 6.64. The summed E-state index contributed by atoms with van der Waals surface area (Å²) in [7, 11) is 0. The average molecular weight is 444 g/mol. The number of hydrogen-bond acceptors (Lipinski definition) is 3. The molecule has 4 rings (SSSR count). The largest absolute Gasteiger partial charge is 0.416 e. The van der Waals surface area contributed by atoms with Gasteiger partial charge in [-0.05, 0) is 35.7 Å². The number of nitrogens with zero attached hydrogens (tertiary/aromatic N) is 1. The molecule has 0 saturated carbocycles. The molecule has 1 spiro atoms. The molecule has 2 aromatic carbocycles. The fourth-order valence-corrected chi connectivity index (χ4v) is 4.69. The van der Waals surface area contributed by atoms with Crippen LogP contribution in [0.2, 0.25) is 0 Å². The van der Waals surface area contributed by atoms with Crippen molar-refractivity contribution in [3.8, 4) is 0 Å². The Labute approximate surface area is 169 Å². The first-order valence-electron chi connectivity index (χ1n) is 8.34. The lowest BCUT2D eigenvalue weighted by atomic mass is 9.97. The average Bonchev–Trinajstić information content (AvgIpc) is 2.92. The third-order valence-electron chi connectivity index (χ3n) is 4.68. The number of anilines is 2. The lowest BCUT2D eigenvalue weighted by molar-refractivity contribution is -0.139. The minimum atomic E-state index is -4.87. The number of benzene rings is 2. The molecule has 2 heterocycles. The van der Waals surface area contributed by atoms with Gasteiger partial charge in [-0.25, -0.2) is 0 Å². The van der Waals surface area contributed by atoms with Crippen molar-refractivity contribution in [3.05, 3.63) is 70.6 Å². The Bertz CT molecular complexity index is 1100. The maximum atomic E-state index is 13.7. The standard InChI is InChI=1S/C19H10F6N2O2S/c20-18(21,22)10-3-1-4-11(9-10)27-14(28)7-8-30-17(27)15-12(19(23,24)25)5-2-6-13(15)26-16(17)29/h1-9H,(H,26,29). The smallest absolute Gasteiger partial charge is 0.323 e. The minimum absolute atomic E-state index is 0.164. The SMILES string of the molecule is O=C1C=CSC2(C(=O)Nc3cccc(C(F)(F)F)c32)N1c1cccc(C(F)(F)F)c1. The van der Waals surface area contributed by atoms with Gasteiger partial charge in [0.25, 0.3) is 11.8 Å². The summed E-state index contributed by atoms with van der Waals surface area (Å²) in [4.78, 5) is 24.1. The number of thioether (sulfide) groups is 1. The first-order valence-corrected chi connectivity index (χ1v) is 9.22. The Balaban J connectivity index is 2.00. The number of amides is 2. The Morgan fingerprint density at radius 1 is 0.933 bits per heavy atom. The molecule has 0 fully saturated rings. The lowest BCUT2D eigenvalue weighted by Crippen LogP contribution is -2.53. The van der Waals surface area contributed by atoms with Gasteiger partial charge in [0.2, 0.25) is 4.87 Å². The highest BCUT2D eigenvalue weighted by Crippen LogP contribution is 2.55. The van der Waals surface area contributed by atoms with Crippen molar-refractivity contribution in [3.63, 3.8) is 0 Å². The molecule has 0 saturated heterocycles. The summed E-state index contributed by atoms with van der Waals surface area (Å²) >= 11 is 0.606. The predicted octanol–water partition coefficient (Wildman–Crippen LogP) is 5.12.